The van der Waals surface area contributed by atoms with E-state index < -0.39 is 12.0 Å². The fourth-order valence-corrected chi connectivity index (χ4v) is 1.77. The fourth-order valence-electron chi connectivity index (χ4n) is 1.77. The minimum Gasteiger partial charge on any atom is -0.480 e. The molecule has 0 radical (unpaired) electrons. The van der Waals surface area contributed by atoms with E-state index in [9.17, 15) is 4.79 Å². The SMILES string of the molecule is NC(CNCCN1CCCCC1)C(=O)O. The van der Waals surface area contributed by atoms with Gasteiger partial charge < -0.3 is 21.1 Å². The largest absolute Gasteiger partial charge is 0.480 e. The second kappa shape index (κ2) is 6.76. The second-order valence-electron chi connectivity index (χ2n) is 4.05. The number of carboxylic acid groups (broad SMARTS) is 1. The molecule has 1 rings (SSSR count). The minimum atomic E-state index is -0.944. The molecule has 5 heteroatoms. The molecule has 1 atom stereocenters. The average Bonchev–Trinajstić information content (AvgIpc) is 2.25. The van der Waals surface area contributed by atoms with Gasteiger partial charge in [-0.15, -0.1) is 0 Å². The van der Waals surface area contributed by atoms with Crippen molar-refractivity contribution in [2.24, 2.45) is 5.73 Å². The third kappa shape index (κ3) is 5.11. The number of likely N-dealkylation sites (tertiary alicyclic amines) is 1. The Morgan fingerprint density at radius 1 is 1.40 bits per heavy atom. The predicted octanol–water partition coefficient (Wildman–Crippen LogP) is -0.526. The first-order valence-corrected chi connectivity index (χ1v) is 5.61. The molecule has 1 fully saturated rings. The van der Waals surface area contributed by atoms with Crippen LogP contribution in [0.25, 0.3) is 0 Å². The standard InChI is InChI=1S/C10H21N3O2/c11-9(10(14)15)8-12-4-7-13-5-2-1-3-6-13/h9,12H,1-8,11H2,(H,14,15). The third-order valence-electron chi connectivity index (χ3n) is 2.73. The zero-order chi connectivity index (χ0) is 11.1. The van der Waals surface area contributed by atoms with E-state index in [1.54, 1.807) is 0 Å². The number of carboxylic acids is 1. The van der Waals surface area contributed by atoms with E-state index in [2.05, 4.69) is 10.2 Å². The third-order valence-corrected chi connectivity index (χ3v) is 2.73. The molecule has 15 heavy (non-hydrogen) atoms. The van der Waals surface area contributed by atoms with Gasteiger partial charge in [0, 0.05) is 19.6 Å². The van der Waals surface area contributed by atoms with Crippen LogP contribution in [-0.4, -0.2) is 54.7 Å². The summed E-state index contributed by atoms with van der Waals surface area (Å²) in [6.45, 7) is 4.51. The monoisotopic (exact) mass is 215 g/mol. The smallest absolute Gasteiger partial charge is 0.321 e. The number of piperidine rings is 1. The van der Waals surface area contributed by atoms with Crippen molar-refractivity contribution in [3.05, 3.63) is 0 Å². The van der Waals surface area contributed by atoms with Crippen molar-refractivity contribution >= 4 is 5.97 Å². The van der Waals surface area contributed by atoms with Crippen LogP contribution in [0.2, 0.25) is 0 Å². The molecule has 0 aromatic rings. The summed E-state index contributed by atoms with van der Waals surface area (Å²) in [6, 6.07) is -0.786. The number of rotatable bonds is 6. The van der Waals surface area contributed by atoms with Gasteiger partial charge in [0.15, 0.2) is 0 Å². The van der Waals surface area contributed by atoms with Crippen LogP contribution in [0, 0.1) is 0 Å². The Balaban J connectivity index is 1.98. The highest BCUT2D eigenvalue weighted by Gasteiger charge is 2.11. The molecule has 1 saturated heterocycles. The van der Waals surface area contributed by atoms with Crippen LogP contribution < -0.4 is 11.1 Å². The summed E-state index contributed by atoms with van der Waals surface area (Å²) >= 11 is 0. The zero-order valence-corrected chi connectivity index (χ0v) is 9.11. The predicted molar refractivity (Wildman–Crippen MR) is 58.8 cm³/mol. The van der Waals surface area contributed by atoms with E-state index in [4.69, 9.17) is 10.8 Å². The van der Waals surface area contributed by atoms with Crippen LogP contribution in [0.15, 0.2) is 0 Å². The van der Waals surface area contributed by atoms with Gasteiger partial charge >= 0.3 is 5.97 Å². The Morgan fingerprint density at radius 2 is 2.07 bits per heavy atom. The molecule has 1 aliphatic rings. The first-order valence-electron chi connectivity index (χ1n) is 5.61. The molecule has 0 saturated carbocycles. The lowest BCUT2D eigenvalue weighted by atomic mass is 10.1. The highest BCUT2D eigenvalue weighted by Crippen LogP contribution is 2.07. The van der Waals surface area contributed by atoms with Gasteiger partial charge in [-0.3, -0.25) is 4.79 Å². The quantitative estimate of drug-likeness (QED) is 0.519. The normalized spacial score (nSPS) is 20.1. The molecule has 0 amide bonds. The van der Waals surface area contributed by atoms with Crippen molar-refractivity contribution in [2.75, 3.05) is 32.7 Å². The molecule has 0 aromatic heterocycles. The van der Waals surface area contributed by atoms with Crippen molar-refractivity contribution in [1.82, 2.24) is 10.2 Å². The Labute approximate surface area is 90.6 Å². The molecule has 4 N–H and O–H groups in total. The number of nitrogens with one attached hydrogen (secondary N) is 1. The molecule has 0 aromatic carbocycles. The molecule has 5 nitrogen and oxygen atoms in total. The summed E-state index contributed by atoms with van der Waals surface area (Å²) in [6.07, 6.45) is 3.91. The van der Waals surface area contributed by atoms with Gasteiger partial charge in [-0.25, -0.2) is 0 Å². The molecule has 1 aliphatic heterocycles. The number of hydrogen-bond acceptors (Lipinski definition) is 4. The summed E-state index contributed by atoms with van der Waals surface area (Å²) < 4.78 is 0. The Hall–Kier alpha value is -0.650. The van der Waals surface area contributed by atoms with Crippen molar-refractivity contribution in [1.29, 1.82) is 0 Å². The van der Waals surface area contributed by atoms with E-state index in [0.717, 1.165) is 13.1 Å². The van der Waals surface area contributed by atoms with Crippen LogP contribution in [0.5, 0.6) is 0 Å². The number of hydrogen-bond donors (Lipinski definition) is 3. The molecule has 1 unspecified atom stereocenters. The molecule has 0 bridgehead atoms. The first kappa shape index (κ1) is 12.4. The van der Waals surface area contributed by atoms with Gasteiger partial charge in [0.2, 0.25) is 0 Å². The summed E-state index contributed by atoms with van der Waals surface area (Å²) in [7, 11) is 0. The van der Waals surface area contributed by atoms with Crippen molar-refractivity contribution in [2.45, 2.75) is 25.3 Å². The van der Waals surface area contributed by atoms with Gasteiger partial charge in [-0.05, 0) is 25.9 Å². The van der Waals surface area contributed by atoms with Gasteiger partial charge in [-0.2, -0.15) is 0 Å². The lowest BCUT2D eigenvalue weighted by Crippen LogP contribution is -2.43. The minimum absolute atomic E-state index is 0.350. The molecule has 0 spiro atoms. The molecule has 0 aliphatic carbocycles. The van der Waals surface area contributed by atoms with Gasteiger partial charge in [0.05, 0.1) is 0 Å². The van der Waals surface area contributed by atoms with Crippen molar-refractivity contribution < 1.29 is 9.90 Å². The van der Waals surface area contributed by atoms with E-state index in [1.807, 2.05) is 0 Å². The van der Waals surface area contributed by atoms with Gasteiger partial charge in [0.1, 0.15) is 6.04 Å². The van der Waals surface area contributed by atoms with Crippen LogP contribution in [0.3, 0.4) is 0 Å². The molecular formula is C10H21N3O2. The molecular weight excluding hydrogens is 194 g/mol. The Morgan fingerprint density at radius 3 is 2.67 bits per heavy atom. The number of carbonyl (C=O) groups is 1. The summed E-state index contributed by atoms with van der Waals surface area (Å²) in [5.41, 5.74) is 5.36. The van der Waals surface area contributed by atoms with Gasteiger partial charge in [0.25, 0.3) is 0 Å². The fraction of sp³-hybridized carbons (Fsp3) is 0.900. The first-order chi connectivity index (χ1) is 7.20. The van der Waals surface area contributed by atoms with Crippen LogP contribution in [0.4, 0.5) is 0 Å². The molecule has 88 valence electrons. The highest BCUT2D eigenvalue weighted by molar-refractivity contribution is 5.73. The average molecular weight is 215 g/mol. The number of nitrogens with two attached hydrogens (primary N) is 1. The summed E-state index contributed by atoms with van der Waals surface area (Å²) in [4.78, 5) is 12.8. The number of nitrogens with zero attached hydrogens (tertiary/aromatic N) is 1. The van der Waals surface area contributed by atoms with E-state index >= 15 is 0 Å². The molecule has 1 heterocycles. The Bertz CT molecular complexity index is 193. The van der Waals surface area contributed by atoms with Crippen LogP contribution >= 0.6 is 0 Å². The lowest BCUT2D eigenvalue weighted by Gasteiger charge is -2.26. The highest BCUT2D eigenvalue weighted by atomic mass is 16.4. The topological polar surface area (TPSA) is 78.6 Å². The van der Waals surface area contributed by atoms with Crippen LogP contribution in [0.1, 0.15) is 19.3 Å². The van der Waals surface area contributed by atoms with Crippen LogP contribution in [-0.2, 0) is 4.79 Å². The maximum Gasteiger partial charge on any atom is 0.321 e. The summed E-state index contributed by atoms with van der Waals surface area (Å²) in [5, 5.41) is 11.6. The lowest BCUT2D eigenvalue weighted by molar-refractivity contribution is -0.138. The van der Waals surface area contributed by atoms with E-state index in [-0.39, 0.29) is 0 Å². The van der Waals surface area contributed by atoms with Gasteiger partial charge in [-0.1, -0.05) is 6.42 Å². The van der Waals surface area contributed by atoms with Crippen molar-refractivity contribution in [3.63, 3.8) is 0 Å². The summed E-state index contributed by atoms with van der Waals surface area (Å²) in [5.74, 6) is -0.944. The van der Waals surface area contributed by atoms with E-state index in [1.165, 1.54) is 32.4 Å². The number of aliphatic carboxylic acids is 1. The van der Waals surface area contributed by atoms with E-state index in [0.29, 0.717) is 6.54 Å². The Kier molecular flexibility index (Phi) is 5.60. The van der Waals surface area contributed by atoms with Crippen molar-refractivity contribution in [3.8, 4) is 0 Å². The zero-order valence-electron chi connectivity index (χ0n) is 9.11. The second-order valence-corrected chi connectivity index (χ2v) is 4.05. The maximum absolute atomic E-state index is 10.4. The maximum atomic E-state index is 10.4.